The second-order valence-electron chi connectivity index (χ2n) is 2.94. The van der Waals surface area contributed by atoms with Crippen molar-refractivity contribution in [3.05, 3.63) is 35.8 Å². The zero-order chi connectivity index (χ0) is 9.97. The Bertz CT molecular complexity index is 424. The van der Waals surface area contributed by atoms with Gasteiger partial charge in [0.1, 0.15) is 5.82 Å². The standard InChI is InChI=1S/C9H9FN4/c1-6-4-7(10)2-3-8(6)12-9-5-11-14-13-9/h2-5H,1H3,(H2,11,12,13,14). The molecule has 14 heavy (non-hydrogen) atoms. The number of aryl methyl sites for hydroxylation is 1. The van der Waals surface area contributed by atoms with Gasteiger partial charge >= 0.3 is 0 Å². The van der Waals surface area contributed by atoms with Gasteiger partial charge < -0.3 is 5.32 Å². The van der Waals surface area contributed by atoms with Crippen molar-refractivity contribution in [3.8, 4) is 0 Å². The molecule has 2 aromatic rings. The summed E-state index contributed by atoms with van der Waals surface area (Å²) in [4.78, 5) is 0. The van der Waals surface area contributed by atoms with Crippen LogP contribution in [0.1, 0.15) is 5.56 Å². The molecule has 0 unspecified atom stereocenters. The molecular formula is C9H9FN4. The Balaban J connectivity index is 2.25. The van der Waals surface area contributed by atoms with Crippen molar-refractivity contribution in [2.45, 2.75) is 6.92 Å². The summed E-state index contributed by atoms with van der Waals surface area (Å²) >= 11 is 0. The van der Waals surface area contributed by atoms with Crippen LogP contribution >= 0.6 is 0 Å². The van der Waals surface area contributed by atoms with Crippen LogP contribution in [0.4, 0.5) is 15.9 Å². The van der Waals surface area contributed by atoms with E-state index in [1.54, 1.807) is 12.3 Å². The lowest BCUT2D eigenvalue weighted by atomic mass is 10.2. The van der Waals surface area contributed by atoms with Crippen molar-refractivity contribution in [1.29, 1.82) is 0 Å². The minimum absolute atomic E-state index is 0.242. The molecule has 5 heteroatoms. The number of benzene rings is 1. The molecule has 0 radical (unpaired) electrons. The van der Waals surface area contributed by atoms with Crippen molar-refractivity contribution >= 4 is 11.5 Å². The van der Waals surface area contributed by atoms with E-state index in [-0.39, 0.29) is 5.82 Å². The van der Waals surface area contributed by atoms with Gasteiger partial charge in [0.15, 0.2) is 5.82 Å². The van der Waals surface area contributed by atoms with E-state index in [0.29, 0.717) is 5.82 Å². The molecule has 2 rings (SSSR count). The zero-order valence-corrected chi connectivity index (χ0v) is 7.58. The monoisotopic (exact) mass is 192 g/mol. The van der Waals surface area contributed by atoms with E-state index in [1.165, 1.54) is 12.1 Å². The lowest BCUT2D eigenvalue weighted by Crippen LogP contribution is -1.93. The molecule has 0 aliphatic rings. The lowest BCUT2D eigenvalue weighted by molar-refractivity contribution is 0.627. The third kappa shape index (κ3) is 1.71. The normalized spacial score (nSPS) is 10.1. The first-order valence-electron chi connectivity index (χ1n) is 4.14. The average Bonchev–Trinajstić information content (AvgIpc) is 2.62. The number of aromatic nitrogens is 3. The van der Waals surface area contributed by atoms with E-state index in [0.717, 1.165) is 11.3 Å². The van der Waals surface area contributed by atoms with Crippen molar-refractivity contribution < 1.29 is 4.39 Å². The van der Waals surface area contributed by atoms with Gasteiger partial charge in [-0.2, -0.15) is 10.3 Å². The summed E-state index contributed by atoms with van der Waals surface area (Å²) in [6.07, 6.45) is 1.56. The van der Waals surface area contributed by atoms with E-state index in [1.807, 2.05) is 6.92 Å². The number of nitrogens with one attached hydrogen (secondary N) is 2. The van der Waals surface area contributed by atoms with Crippen molar-refractivity contribution in [3.63, 3.8) is 0 Å². The molecule has 1 aromatic heterocycles. The first-order chi connectivity index (χ1) is 6.75. The molecule has 1 heterocycles. The van der Waals surface area contributed by atoms with Crippen LogP contribution in [0.3, 0.4) is 0 Å². The summed E-state index contributed by atoms with van der Waals surface area (Å²) in [5.74, 6) is 0.368. The molecule has 0 aliphatic carbocycles. The number of hydrogen-bond acceptors (Lipinski definition) is 3. The van der Waals surface area contributed by atoms with Crippen LogP contribution in [-0.4, -0.2) is 15.4 Å². The minimum Gasteiger partial charge on any atom is -0.337 e. The summed E-state index contributed by atoms with van der Waals surface area (Å²) < 4.78 is 12.8. The molecule has 2 N–H and O–H groups in total. The first kappa shape index (κ1) is 8.68. The highest BCUT2D eigenvalue weighted by molar-refractivity contribution is 5.59. The largest absolute Gasteiger partial charge is 0.337 e. The Hall–Kier alpha value is -1.91. The molecule has 0 atom stereocenters. The molecule has 4 nitrogen and oxygen atoms in total. The fourth-order valence-corrected chi connectivity index (χ4v) is 1.17. The number of anilines is 2. The first-order valence-corrected chi connectivity index (χ1v) is 4.14. The van der Waals surface area contributed by atoms with Gasteiger partial charge in [0.2, 0.25) is 0 Å². The number of H-pyrrole nitrogens is 1. The molecule has 0 fully saturated rings. The number of hydrogen-bond donors (Lipinski definition) is 2. The quantitative estimate of drug-likeness (QED) is 0.765. The molecule has 0 saturated carbocycles. The number of nitrogens with zero attached hydrogens (tertiary/aromatic N) is 2. The topological polar surface area (TPSA) is 53.6 Å². The van der Waals surface area contributed by atoms with E-state index in [9.17, 15) is 4.39 Å². The van der Waals surface area contributed by atoms with Gasteiger partial charge in [-0.05, 0) is 30.7 Å². The summed E-state index contributed by atoms with van der Waals surface area (Å²) in [6.45, 7) is 1.82. The Morgan fingerprint density at radius 3 is 2.93 bits per heavy atom. The van der Waals surface area contributed by atoms with Gasteiger partial charge in [-0.1, -0.05) is 0 Å². The van der Waals surface area contributed by atoms with Gasteiger partial charge in [0.25, 0.3) is 0 Å². The highest BCUT2D eigenvalue weighted by Gasteiger charge is 2.01. The number of aromatic amines is 1. The summed E-state index contributed by atoms with van der Waals surface area (Å²) in [7, 11) is 0. The van der Waals surface area contributed by atoms with E-state index < -0.39 is 0 Å². The Morgan fingerprint density at radius 1 is 1.43 bits per heavy atom. The third-order valence-corrected chi connectivity index (χ3v) is 1.87. The SMILES string of the molecule is Cc1cc(F)ccc1Nc1cn[nH]n1. The van der Waals surface area contributed by atoms with Crippen LogP contribution in [0.15, 0.2) is 24.4 Å². The van der Waals surface area contributed by atoms with Crippen LogP contribution in [0, 0.1) is 12.7 Å². The van der Waals surface area contributed by atoms with E-state index >= 15 is 0 Å². The van der Waals surface area contributed by atoms with Gasteiger partial charge in [0.05, 0.1) is 6.20 Å². The molecule has 72 valence electrons. The average molecular weight is 192 g/mol. The van der Waals surface area contributed by atoms with Crippen molar-refractivity contribution in [2.75, 3.05) is 5.32 Å². The zero-order valence-electron chi connectivity index (χ0n) is 7.58. The Labute approximate surface area is 80.2 Å². The maximum atomic E-state index is 12.8. The molecule has 0 bridgehead atoms. The number of rotatable bonds is 2. The molecule has 1 aromatic carbocycles. The fourth-order valence-electron chi connectivity index (χ4n) is 1.17. The maximum absolute atomic E-state index is 12.8. The molecule has 0 aliphatic heterocycles. The summed E-state index contributed by atoms with van der Waals surface area (Å²) in [5.41, 5.74) is 1.65. The second-order valence-corrected chi connectivity index (χ2v) is 2.94. The van der Waals surface area contributed by atoms with Gasteiger partial charge in [-0.25, -0.2) is 4.39 Å². The third-order valence-electron chi connectivity index (χ3n) is 1.87. The molecule has 0 saturated heterocycles. The van der Waals surface area contributed by atoms with Gasteiger partial charge in [-0.15, -0.1) is 5.10 Å². The van der Waals surface area contributed by atoms with Crippen LogP contribution in [-0.2, 0) is 0 Å². The molecule has 0 spiro atoms. The predicted octanol–water partition coefficient (Wildman–Crippen LogP) is 2.00. The highest BCUT2D eigenvalue weighted by atomic mass is 19.1. The van der Waals surface area contributed by atoms with E-state index in [4.69, 9.17) is 0 Å². The van der Waals surface area contributed by atoms with E-state index in [2.05, 4.69) is 20.7 Å². The van der Waals surface area contributed by atoms with Crippen LogP contribution in [0.2, 0.25) is 0 Å². The lowest BCUT2D eigenvalue weighted by Gasteiger charge is -2.05. The van der Waals surface area contributed by atoms with Crippen molar-refractivity contribution in [2.24, 2.45) is 0 Å². The van der Waals surface area contributed by atoms with Crippen molar-refractivity contribution in [1.82, 2.24) is 15.4 Å². The Morgan fingerprint density at radius 2 is 2.29 bits per heavy atom. The minimum atomic E-state index is -0.242. The van der Waals surface area contributed by atoms with Crippen LogP contribution in [0.25, 0.3) is 0 Å². The fraction of sp³-hybridized carbons (Fsp3) is 0.111. The maximum Gasteiger partial charge on any atom is 0.172 e. The summed E-state index contributed by atoms with van der Waals surface area (Å²) in [5, 5.41) is 13.0. The molecule has 0 amide bonds. The van der Waals surface area contributed by atoms with Crippen LogP contribution < -0.4 is 5.32 Å². The highest BCUT2D eigenvalue weighted by Crippen LogP contribution is 2.18. The summed E-state index contributed by atoms with van der Waals surface area (Å²) in [6, 6.07) is 4.52. The molecular weight excluding hydrogens is 183 g/mol. The smallest absolute Gasteiger partial charge is 0.172 e. The number of halogens is 1. The predicted molar refractivity (Wildman–Crippen MR) is 50.8 cm³/mol. The second kappa shape index (κ2) is 3.45. The van der Waals surface area contributed by atoms with Crippen LogP contribution in [0.5, 0.6) is 0 Å². The van der Waals surface area contributed by atoms with Gasteiger partial charge in [0, 0.05) is 5.69 Å². The Kier molecular flexibility index (Phi) is 2.14. The van der Waals surface area contributed by atoms with Gasteiger partial charge in [-0.3, -0.25) is 0 Å².